The minimum Gasteiger partial charge on any atom is -0.296 e. The second-order valence-electron chi connectivity index (χ2n) is 5.22. The molecule has 2 aromatic rings. The van der Waals surface area contributed by atoms with E-state index in [2.05, 4.69) is 10.00 Å². The fraction of sp³-hybridized carbons (Fsp3) is 0.333. The molecule has 4 nitrogen and oxygen atoms in total. The van der Waals surface area contributed by atoms with Gasteiger partial charge in [0.1, 0.15) is 0 Å². The SMILES string of the molecule is CN(CC(=O)c1cnn(-c2ccc(Cl)cc2)c1)C1CC1. The standard InChI is InChI=1S/C15H16ClN3O/c1-18(13-6-7-13)10-15(20)11-8-17-19(9-11)14-4-2-12(16)3-5-14/h2-5,8-9,13H,6-7,10H2,1H3. The number of halogens is 1. The maximum atomic E-state index is 12.2. The van der Waals surface area contributed by atoms with Crippen LogP contribution in [0.25, 0.3) is 5.69 Å². The zero-order chi connectivity index (χ0) is 14.1. The molecule has 3 rings (SSSR count). The van der Waals surface area contributed by atoms with Crippen LogP contribution in [0, 0.1) is 0 Å². The van der Waals surface area contributed by atoms with Crippen molar-refractivity contribution in [1.82, 2.24) is 14.7 Å². The predicted molar refractivity (Wildman–Crippen MR) is 78.6 cm³/mol. The Morgan fingerprint density at radius 3 is 2.75 bits per heavy atom. The number of Topliss-reactive ketones (excluding diaryl/α,β-unsaturated/α-hetero) is 1. The Labute approximate surface area is 123 Å². The van der Waals surface area contributed by atoms with Crippen molar-refractivity contribution >= 4 is 17.4 Å². The quantitative estimate of drug-likeness (QED) is 0.795. The van der Waals surface area contributed by atoms with Gasteiger partial charge in [-0.3, -0.25) is 9.69 Å². The molecule has 0 N–H and O–H groups in total. The maximum absolute atomic E-state index is 12.2. The van der Waals surface area contributed by atoms with Crippen LogP contribution in [-0.2, 0) is 0 Å². The van der Waals surface area contributed by atoms with Crippen LogP contribution < -0.4 is 0 Å². The summed E-state index contributed by atoms with van der Waals surface area (Å²) in [7, 11) is 2.00. The van der Waals surface area contributed by atoms with Crippen LogP contribution in [0.5, 0.6) is 0 Å². The van der Waals surface area contributed by atoms with Crippen LogP contribution in [-0.4, -0.2) is 40.1 Å². The molecule has 1 aromatic carbocycles. The van der Waals surface area contributed by atoms with Gasteiger partial charge in [-0.25, -0.2) is 4.68 Å². The predicted octanol–water partition coefficient (Wildman–Crippen LogP) is 2.80. The van der Waals surface area contributed by atoms with Gasteiger partial charge in [-0.2, -0.15) is 5.10 Å². The molecule has 0 unspecified atom stereocenters. The van der Waals surface area contributed by atoms with Gasteiger partial charge in [0.05, 0.1) is 24.0 Å². The first-order valence-corrected chi connectivity index (χ1v) is 7.05. The number of hydrogen-bond acceptors (Lipinski definition) is 3. The Bertz CT molecular complexity index is 616. The van der Waals surface area contributed by atoms with Gasteiger partial charge < -0.3 is 0 Å². The zero-order valence-electron chi connectivity index (χ0n) is 11.3. The lowest BCUT2D eigenvalue weighted by Crippen LogP contribution is -2.27. The molecule has 1 fully saturated rings. The molecule has 0 bridgehead atoms. The summed E-state index contributed by atoms with van der Waals surface area (Å²) in [5.74, 6) is 0.111. The number of benzene rings is 1. The van der Waals surface area contributed by atoms with Crippen molar-refractivity contribution in [3.8, 4) is 5.69 Å². The van der Waals surface area contributed by atoms with Gasteiger partial charge in [-0.1, -0.05) is 11.6 Å². The Morgan fingerprint density at radius 2 is 2.10 bits per heavy atom. The van der Waals surface area contributed by atoms with Crippen LogP contribution >= 0.6 is 11.6 Å². The van der Waals surface area contributed by atoms with Crippen LogP contribution in [0.15, 0.2) is 36.7 Å². The van der Waals surface area contributed by atoms with E-state index in [4.69, 9.17) is 11.6 Å². The summed E-state index contributed by atoms with van der Waals surface area (Å²) < 4.78 is 1.70. The van der Waals surface area contributed by atoms with Crippen molar-refractivity contribution in [2.24, 2.45) is 0 Å². The third kappa shape index (κ3) is 2.92. The van der Waals surface area contributed by atoms with Crippen molar-refractivity contribution in [1.29, 1.82) is 0 Å². The molecule has 0 aliphatic heterocycles. The molecule has 0 radical (unpaired) electrons. The first-order chi connectivity index (χ1) is 9.63. The number of aromatic nitrogens is 2. The summed E-state index contributed by atoms with van der Waals surface area (Å²) in [6.45, 7) is 0.455. The van der Waals surface area contributed by atoms with Crippen LogP contribution in [0.3, 0.4) is 0 Å². The molecule has 0 atom stereocenters. The fourth-order valence-corrected chi connectivity index (χ4v) is 2.29. The number of nitrogens with zero attached hydrogens (tertiary/aromatic N) is 3. The lowest BCUT2D eigenvalue weighted by molar-refractivity contribution is 0.0942. The average Bonchev–Trinajstić information content (AvgIpc) is 3.17. The van der Waals surface area contributed by atoms with Crippen molar-refractivity contribution in [3.63, 3.8) is 0 Å². The van der Waals surface area contributed by atoms with E-state index >= 15 is 0 Å². The Morgan fingerprint density at radius 1 is 1.40 bits per heavy atom. The molecule has 0 spiro atoms. The molecule has 1 aliphatic carbocycles. The molecule has 1 aromatic heterocycles. The molecule has 104 valence electrons. The van der Waals surface area contributed by atoms with Gasteiger partial charge in [-0.15, -0.1) is 0 Å². The first kappa shape index (κ1) is 13.3. The van der Waals surface area contributed by atoms with Gasteiger partial charge in [0.25, 0.3) is 0 Å². The summed E-state index contributed by atoms with van der Waals surface area (Å²) in [5, 5.41) is 4.92. The molecule has 0 amide bonds. The van der Waals surface area contributed by atoms with E-state index in [1.807, 2.05) is 19.2 Å². The topological polar surface area (TPSA) is 38.1 Å². The zero-order valence-corrected chi connectivity index (χ0v) is 12.0. The summed E-state index contributed by atoms with van der Waals surface area (Å²) in [6, 6.07) is 7.95. The normalized spacial score (nSPS) is 14.8. The van der Waals surface area contributed by atoms with Gasteiger partial charge in [0, 0.05) is 17.3 Å². The van der Waals surface area contributed by atoms with E-state index in [1.54, 1.807) is 29.2 Å². The summed E-state index contributed by atoms with van der Waals surface area (Å²) in [5.41, 5.74) is 1.54. The van der Waals surface area contributed by atoms with Gasteiger partial charge in [0.2, 0.25) is 0 Å². The molecule has 5 heteroatoms. The van der Waals surface area contributed by atoms with Crippen LogP contribution in [0.4, 0.5) is 0 Å². The first-order valence-electron chi connectivity index (χ1n) is 6.67. The number of carbonyl (C=O) groups is 1. The van der Waals surface area contributed by atoms with Crippen LogP contribution in [0.2, 0.25) is 5.02 Å². The van der Waals surface area contributed by atoms with Crippen molar-refractivity contribution in [3.05, 3.63) is 47.2 Å². The maximum Gasteiger partial charge on any atom is 0.179 e. The van der Waals surface area contributed by atoms with Crippen molar-refractivity contribution in [2.45, 2.75) is 18.9 Å². The molecule has 1 saturated carbocycles. The minimum absolute atomic E-state index is 0.111. The third-order valence-corrected chi connectivity index (χ3v) is 3.81. The highest BCUT2D eigenvalue weighted by atomic mass is 35.5. The van der Waals surface area contributed by atoms with Crippen molar-refractivity contribution in [2.75, 3.05) is 13.6 Å². The summed E-state index contributed by atoms with van der Waals surface area (Å²) >= 11 is 5.86. The minimum atomic E-state index is 0.111. The van der Waals surface area contributed by atoms with Gasteiger partial charge in [-0.05, 0) is 44.2 Å². The number of carbonyl (C=O) groups excluding carboxylic acids is 1. The fourth-order valence-electron chi connectivity index (χ4n) is 2.16. The van der Waals surface area contributed by atoms with E-state index in [-0.39, 0.29) is 5.78 Å². The van der Waals surface area contributed by atoms with Gasteiger partial charge >= 0.3 is 0 Å². The highest BCUT2D eigenvalue weighted by Crippen LogP contribution is 2.25. The lowest BCUT2D eigenvalue weighted by atomic mass is 10.2. The van der Waals surface area contributed by atoms with E-state index in [0.29, 0.717) is 23.2 Å². The Balaban J connectivity index is 1.72. The van der Waals surface area contributed by atoms with E-state index in [0.717, 1.165) is 5.69 Å². The largest absolute Gasteiger partial charge is 0.296 e. The molecule has 0 saturated heterocycles. The number of rotatable bonds is 5. The van der Waals surface area contributed by atoms with Crippen LogP contribution in [0.1, 0.15) is 23.2 Å². The smallest absolute Gasteiger partial charge is 0.179 e. The lowest BCUT2D eigenvalue weighted by Gasteiger charge is -2.13. The van der Waals surface area contributed by atoms with E-state index in [9.17, 15) is 4.79 Å². The molecule has 1 aliphatic rings. The van der Waals surface area contributed by atoms with Gasteiger partial charge in [0.15, 0.2) is 5.78 Å². The molecule has 20 heavy (non-hydrogen) atoms. The molecule has 1 heterocycles. The molecular formula is C15H16ClN3O. The molecular weight excluding hydrogens is 274 g/mol. The monoisotopic (exact) mass is 289 g/mol. The third-order valence-electron chi connectivity index (χ3n) is 3.56. The second kappa shape index (κ2) is 5.38. The second-order valence-corrected chi connectivity index (χ2v) is 5.66. The number of ketones is 1. The highest BCUT2D eigenvalue weighted by Gasteiger charge is 2.27. The average molecular weight is 290 g/mol. The number of likely N-dealkylation sites (N-methyl/N-ethyl adjacent to an activating group) is 1. The van der Waals surface area contributed by atoms with E-state index in [1.165, 1.54) is 12.8 Å². The Kier molecular flexibility index (Phi) is 3.59. The summed E-state index contributed by atoms with van der Waals surface area (Å²) in [6.07, 6.45) is 5.80. The van der Waals surface area contributed by atoms with E-state index < -0.39 is 0 Å². The Hall–Kier alpha value is -1.65. The summed E-state index contributed by atoms with van der Waals surface area (Å²) in [4.78, 5) is 14.3. The number of hydrogen-bond donors (Lipinski definition) is 0. The highest BCUT2D eigenvalue weighted by molar-refractivity contribution is 6.30. The van der Waals surface area contributed by atoms with Crippen molar-refractivity contribution < 1.29 is 4.79 Å².